The number of halogens is 1. The molecule has 0 aliphatic carbocycles. The lowest BCUT2D eigenvalue weighted by atomic mass is 10.1. The van der Waals surface area contributed by atoms with E-state index in [1.165, 1.54) is 32.4 Å². The smallest absolute Gasteiger partial charge is 0.182 e. The maximum absolute atomic E-state index is 12.0. The number of phenols is 2. The minimum Gasteiger partial charge on any atom is -0.508 e. The number of benzene rings is 2. The third-order valence-corrected chi connectivity index (χ3v) is 4.47. The fourth-order valence-electron chi connectivity index (χ4n) is 2.25. The summed E-state index contributed by atoms with van der Waals surface area (Å²) in [4.78, 5) is 12.0. The highest BCUT2D eigenvalue weighted by molar-refractivity contribution is 14.1. The average Bonchev–Trinajstić information content (AvgIpc) is 2.68. The van der Waals surface area contributed by atoms with E-state index >= 15 is 0 Å². The number of methoxy groups -OCH3 is 2. The number of aromatic hydroxyl groups is 2. The molecule has 2 rings (SSSR count). The minimum atomic E-state index is -0.410. The maximum atomic E-state index is 12.0. The highest BCUT2D eigenvalue weighted by Gasteiger charge is 2.07. The van der Waals surface area contributed by atoms with Gasteiger partial charge in [-0.05, 0) is 70.1 Å². The van der Waals surface area contributed by atoms with Crippen LogP contribution in [-0.2, 0) is 4.79 Å². The summed E-state index contributed by atoms with van der Waals surface area (Å²) in [6, 6.07) is 8.00. The molecule has 146 valence electrons. The maximum Gasteiger partial charge on any atom is 0.182 e. The first-order chi connectivity index (χ1) is 13.3. The van der Waals surface area contributed by atoms with Gasteiger partial charge in [-0.15, -0.1) is 0 Å². The third-order valence-electron chi connectivity index (χ3n) is 3.65. The molecular weight excluding hydrogens is 473 g/mol. The van der Waals surface area contributed by atoms with Crippen LogP contribution in [-0.4, -0.2) is 35.3 Å². The zero-order chi connectivity index (χ0) is 20.7. The van der Waals surface area contributed by atoms with E-state index in [0.29, 0.717) is 26.2 Å². The quantitative estimate of drug-likeness (QED) is 0.229. The summed E-state index contributed by atoms with van der Waals surface area (Å²) in [5.41, 5.74) is 1.36. The molecule has 0 saturated heterocycles. The molecule has 0 amide bonds. The molecule has 0 bridgehead atoms. The van der Waals surface area contributed by atoms with E-state index in [-0.39, 0.29) is 17.3 Å². The lowest BCUT2D eigenvalue weighted by Crippen LogP contribution is -1.90. The minimum absolute atomic E-state index is 0.00850. The van der Waals surface area contributed by atoms with Gasteiger partial charge in [-0.25, -0.2) is 0 Å². The molecular formula is C21H19IO6. The van der Waals surface area contributed by atoms with Crippen molar-refractivity contribution in [1.29, 1.82) is 0 Å². The van der Waals surface area contributed by atoms with E-state index in [9.17, 15) is 20.1 Å². The Hall–Kier alpha value is -2.94. The average molecular weight is 492 g/mol. The zero-order valence-corrected chi connectivity index (χ0v) is 17.4. The molecule has 3 N–H and O–H groups in total. The molecule has 0 aromatic heterocycles. The third kappa shape index (κ3) is 5.78. The van der Waals surface area contributed by atoms with Crippen LogP contribution < -0.4 is 9.47 Å². The first kappa shape index (κ1) is 21.4. The Morgan fingerprint density at radius 3 is 2.29 bits per heavy atom. The van der Waals surface area contributed by atoms with Crippen LogP contribution in [0.4, 0.5) is 0 Å². The first-order valence-electron chi connectivity index (χ1n) is 8.08. The standard InChI is InChI=1S/C21H19IO6/c1-27-19-10-13(5-8-18(19)25)3-6-15(23)12-16(24)7-4-14-9-17(22)21(26)20(11-14)28-2/h3-12,24-26H,1-2H3/b6-3+,7-4+,16-12-/i22-2. The molecule has 2 aromatic rings. The number of aliphatic hydroxyl groups is 1. The number of hydrogen-bond acceptors (Lipinski definition) is 6. The molecule has 0 radical (unpaired) electrons. The Morgan fingerprint density at radius 2 is 1.61 bits per heavy atom. The first-order valence-corrected chi connectivity index (χ1v) is 9.16. The van der Waals surface area contributed by atoms with Crippen LogP contribution in [0.5, 0.6) is 23.0 Å². The van der Waals surface area contributed by atoms with Gasteiger partial charge in [0.05, 0.1) is 17.8 Å². The number of phenolic OH excluding ortho intramolecular Hbond substituents is 2. The summed E-state index contributed by atoms with van der Waals surface area (Å²) in [5.74, 6) is 0.0423. The summed E-state index contributed by atoms with van der Waals surface area (Å²) in [6.07, 6.45) is 6.88. The molecule has 2 aromatic carbocycles. The molecule has 0 aliphatic rings. The van der Waals surface area contributed by atoms with E-state index in [1.807, 2.05) is 22.6 Å². The van der Waals surface area contributed by atoms with Crippen molar-refractivity contribution in [3.63, 3.8) is 0 Å². The Balaban J connectivity index is 2.09. The fourth-order valence-corrected chi connectivity index (χ4v) is 2.87. The predicted molar refractivity (Wildman–Crippen MR) is 116 cm³/mol. The predicted octanol–water partition coefficient (Wildman–Crippen LogP) is 4.46. The van der Waals surface area contributed by atoms with Gasteiger partial charge in [0.1, 0.15) is 5.76 Å². The van der Waals surface area contributed by atoms with Gasteiger partial charge in [0.15, 0.2) is 28.8 Å². The van der Waals surface area contributed by atoms with Gasteiger partial charge >= 0.3 is 0 Å². The van der Waals surface area contributed by atoms with Crippen LogP contribution in [0.15, 0.2) is 54.3 Å². The number of allylic oxidation sites excluding steroid dienone is 3. The van der Waals surface area contributed by atoms with Crippen molar-refractivity contribution < 1.29 is 29.6 Å². The van der Waals surface area contributed by atoms with Crippen molar-refractivity contribution >= 4 is 40.5 Å². The van der Waals surface area contributed by atoms with E-state index in [0.717, 1.165) is 6.08 Å². The van der Waals surface area contributed by atoms with Crippen LogP contribution in [0.1, 0.15) is 11.1 Å². The van der Waals surface area contributed by atoms with Crippen LogP contribution in [0.3, 0.4) is 0 Å². The number of carbonyl (C=O) groups is 1. The topological polar surface area (TPSA) is 96.2 Å². The van der Waals surface area contributed by atoms with E-state index in [4.69, 9.17) is 9.47 Å². The number of ether oxygens (including phenoxy) is 2. The summed E-state index contributed by atoms with van der Waals surface area (Å²) in [5, 5.41) is 29.3. The second-order valence-electron chi connectivity index (χ2n) is 5.62. The van der Waals surface area contributed by atoms with Crippen molar-refractivity contribution in [2.75, 3.05) is 14.2 Å². The molecule has 6 nitrogen and oxygen atoms in total. The van der Waals surface area contributed by atoms with Crippen molar-refractivity contribution in [3.05, 3.63) is 69.0 Å². The van der Waals surface area contributed by atoms with Crippen molar-refractivity contribution in [2.24, 2.45) is 0 Å². The number of hydrogen-bond donors (Lipinski definition) is 3. The molecule has 0 atom stereocenters. The summed E-state index contributed by atoms with van der Waals surface area (Å²) in [6.45, 7) is 0. The molecule has 0 fully saturated rings. The number of ketones is 1. The van der Waals surface area contributed by atoms with Gasteiger partial charge in [-0.2, -0.15) is 0 Å². The SMILES string of the molecule is COc1cc(/C=C/C(=O)/C=C(O)/C=C/c2cc([125I])c(O)c(OC)c2)ccc1O. The fraction of sp³-hybridized carbons (Fsp3) is 0.0952. The molecule has 7 heteroatoms. The Labute approximate surface area is 176 Å². The molecule has 0 aliphatic heterocycles. The summed E-state index contributed by atoms with van der Waals surface area (Å²) in [7, 11) is 2.89. The highest BCUT2D eigenvalue weighted by atomic mass is 125. The zero-order valence-electron chi connectivity index (χ0n) is 15.2. The number of rotatable bonds is 7. The van der Waals surface area contributed by atoms with Crippen molar-refractivity contribution in [2.45, 2.75) is 0 Å². The van der Waals surface area contributed by atoms with Gasteiger partial charge in [-0.3, -0.25) is 4.79 Å². The van der Waals surface area contributed by atoms with Gasteiger partial charge in [0.25, 0.3) is 0 Å². The largest absolute Gasteiger partial charge is 0.508 e. The lowest BCUT2D eigenvalue weighted by molar-refractivity contribution is -0.110. The van der Waals surface area contributed by atoms with E-state index < -0.39 is 5.78 Å². The van der Waals surface area contributed by atoms with Crippen LogP contribution >= 0.6 is 22.6 Å². The molecule has 0 spiro atoms. The highest BCUT2D eigenvalue weighted by Crippen LogP contribution is 2.32. The Morgan fingerprint density at radius 1 is 0.964 bits per heavy atom. The van der Waals surface area contributed by atoms with Gasteiger partial charge in [0.2, 0.25) is 0 Å². The molecule has 0 saturated carbocycles. The number of carbonyl (C=O) groups excluding carboxylic acids is 1. The van der Waals surface area contributed by atoms with Crippen LogP contribution in [0.25, 0.3) is 12.2 Å². The van der Waals surface area contributed by atoms with Crippen LogP contribution in [0, 0.1) is 3.57 Å². The second-order valence-corrected chi connectivity index (χ2v) is 6.79. The Kier molecular flexibility index (Phi) is 7.51. The molecule has 0 heterocycles. The van der Waals surface area contributed by atoms with Crippen molar-refractivity contribution in [3.8, 4) is 23.0 Å². The van der Waals surface area contributed by atoms with Gasteiger partial charge in [-0.1, -0.05) is 18.2 Å². The van der Waals surface area contributed by atoms with Crippen LogP contribution in [0.2, 0.25) is 0 Å². The van der Waals surface area contributed by atoms with Crippen molar-refractivity contribution in [1.82, 2.24) is 0 Å². The lowest BCUT2D eigenvalue weighted by Gasteiger charge is -2.06. The normalized spacial score (nSPS) is 11.9. The molecule has 28 heavy (non-hydrogen) atoms. The summed E-state index contributed by atoms with van der Waals surface area (Å²) < 4.78 is 10.7. The Bertz CT molecular complexity index is 960. The van der Waals surface area contributed by atoms with E-state index in [2.05, 4.69) is 0 Å². The molecule has 0 unspecified atom stereocenters. The summed E-state index contributed by atoms with van der Waals surface area (Å²) >= 11 is 1.97. The monoisotopic (exact) mass is 492 g/mol. The van der Waals surface area contributed by atoms with E-state index in [1.54, 1.807) is 36.4 Å². The number of aliphatic hydroxyl groups excluding tert-OH is 1. The second kappa shape index (κ2) is 9.84. The van der Waals surface area contributed by atoms with Gasteiger partial charge < -0.3 is 24.8 Å². The van der Waals surface area contributed by atoms with Gasteiger partial charge in [0, 0.05) is 6.08 Å².